The van der Waals surface area contributed by atoms with Crippen molar-refractivity contribution in [2.45, 2.75) is 101 Å². The monoisotopic (exact) mass is 520 g/mol. The molecule has 36 heavy (non-hydrogen) atoms. The van der Waals surface area contributed by atoms with Crippen LogP contribution in [0, 0.1) is 59.2 Å². The summed E-state index contributed by atoms with van der Waals surface area (Å²) in [5, 5.41) is -1.03. The maximum Gasteiger partial charge on any atom is 0.310 e. The molecule has 9 aliphatic carbocycles. The third kappa shape index (κ3) is 4.13. The van der Waals surface area contributed by atoms with Crippen LogP contribution in [0.1, 0.15) is 83.5 Å². The summed E-state index contributed by atoms with van der Waals surface area (Å²) in [4.78, 5) is 27.2. The van der Waals surface area contributed by atoms with Crippen LogP contribution < -0.4 is 0 Å². The van der Waals surface area contributed by atoms with Gasteiger partial charge in [0.05, 0.1) is 17.1 Å². The largest absolute Gasteiger partial charge is 0.462 e. The highest BCUT2D eigenvalue weighted by molar-refractivity contribution is 7.86. The fourth-order valence-corrected chi connectivity index (χ4v) is 11.4. The zero-order chi connectivity index (χ0) is 24.8. The molecule has 9 aliphatic rings. The SMILES string of the molecule is O=C(OC1C2CC3CC(C2)CC1C3)C1CCC(S(=O)(=O)O)CC1C(=O)OC1C2CC3CC(C2)CC1C3. The fourth-order valence-electron chi connectivity index (χ4n) is 10.5. The molecule has 7 nitrogen and oxygen atoms in total. The van der Waals surface area contributed by atoms with Gasteiger partial charge >= 0.3 is 11.9 Å². The molecule has 0 aliphatic heterocycles. The smallest absolute Gasteiger partial charge is 0.310 e. The van der Waals surface area contributed by atoms with E-state index in [9.17, 15) is 22.6 Å². The summed E-state index contributed by atoms with van der Waals surface area (Å²) in [7, 11) is -4.29. The van der Waals surface area contributed by atoms with Crippen LogP contribution in [0.4, 0.5) is 0 Å². The van der Waals surface area contributed by atoms with Gasteiger partial charge in [-0.2, -0.15) is 8.42 Å². The quantitative estimate of drug-likeness (QED) is 0.423. The Kier molecular flexibility index (Phi) is 5.77. The van der Waals surface area contributed by atoms with Crippen molar-refractivity contribution in [1.82, 2.24) is 0 Å². The first-order chi connectivity index (χ1) is 17.2. The lowest BCUT2D eigenvalue weighted by Gasteiger charge is -2.54. The van der Waals surface area contributed by atoms with Gasteiger partial charge in [-0.05, 0) is 131 Å². The van der Waals surface area contributed by atoms with E-state index >= 15 is 0 Å². The van der Waals surface area contributed by atoms with Gasteiger partial charge in [-0.3, -0.25) is 14.1 Å². The summed E-state index contributed by atoms with van der Waals surface area (Å²) >= 11 is 0. The molecular formula is C28H40O7S. The lowest BCUT2D eigenvalue weighted by atomic mass is 9.55. The van der Waals surface area contributed by atoms with E-state index in [0.29, 0.717) is 23.7 Å². The van der Waals surface area contributed by atoms with Gasteiger partial charge in [0.15, 0.2) is 0 Å². The fraction of sp³-hybridized carbons (Fsp3) is 0.929. The van der Waals surface area contributed by atoms with Gasteiger partial charge in [0.1, 0.15) is 12.2 Å². The molecule has 0 spiro atoms. The van der Waals surface area contributed by atoms with Crippen molar-refractivity contribution >= 4 is 22.1 Å². The van der Waals surface area contributed by atoms with E-state index < -0.39 is 33.2 Å². The van der Waals surface area contributed by atoms with Crippen LogP contribution >= 0.6 is 0 Å². The Hall–Kier alpha value is -1.15. The number of esters is 2. The molecule has 8 heteroatoms. The normalized spacial score (nSPS) is 50.8. The van der Waals surface area contributed by atoms with Gasteiger partial charge in [0, 0.05) is 0 Å². The van der Waals surface area contributed by atoms with Crippen molar-refractivity contribution in [1.29, 1.82) is 0 Å². The molecule has 0 aromatic rings. The van der Waals surface area contributed by atoms with Gasteiger partial charge in [0.25, 0.3) is 10.1 Å². The van der Waals surface area contributed by atoms with Crippen LogP contribution in [0.2, 0.25) is 0 Å². The van der Waals surface area contributed by atoms with E-state index in [-0.39, 0.29) is 37.4 Å². The van der Waals surface area contributed by atoms with E-state index in [2.05, 4.69) is 0 Å². The molecule has 0 heterocycles. The topological polar surface area (TPSA) is 107 Å². The van der Waals surface area contributed by atoms with E-state index in [1.807, 2.05) is 0 Å². The molecular weight excluding hydrogens is 480 g/mol. The minimum Gasteiger partial charge on any atom is -0.462 e. The molecule has 9 fully saturated rings. The number of hydrogen-bond donors (Lipinski definition) is 1. The second-order valence-corrected chi connectivity index (χ2v) is 15.5. The third-order valence-corrected chi connectivity index (χ3v) is 12.9. The maximum absolute atomic E-state index is 13.6. The van der Waals surface area contributed by atoms with Crippen LogP contribution in [0.25, 0.3) is 0 Å². The second kappa shape index (κ2) is 8.69. The predicted octanol–water partition coefficient (Wildman–Crippen LogP) is 4.39. The number of ether oxygens (including phenoxy) is 2. The Bertz CT molecular complexity index is 965. The third-order valence-electron chi connectivity index (χ3n) is 11.6. The summed E-state index contributed by atoms with van der Waals surface area (Å²) < 4.78 is 46.1. The van der Waals surface area contributed by atoms with Crippen LogP contribution in [0.5, 0.6) is 0 Å². The molecule has 200 valence electrons. The molecule has 3 atom stereocenters. The second-order valence-electron chi connectivity index (χ2n) is 13.8. The standard InChI is InChI=1S/C28H40O7S/c29-27(34-25-18-5-14-3-15(7-18)8-19(25)6-14)23-2-1-22(36(31,32)33)13-24(23)28(30)35-26-20-9-16-4-17(11-20)12-21(26)10-16/h14-26H,1-13H2,(H,31,32,33). The molecule has 0 aromatic heterocycles. The summed E-state index contributed by atoms with van der Waals surface area (Å²) in [6, 6.07) is 0. The van der Waals surface area contributed by atoms with Crippen molar-refractivity contribution < 1.29 is 32.0 Å². The van der Waals surface area contributed by atoms with Crippen LogP contribution in [0.15, 0.2) is 0 Å². The Morgan fingerprint density at radius 3 is 1.33 bits per heavy atom. The molecule has 3 unspecified atom stereocenters. The molecule has 0 saturated heterocycles. The van der Waals surface area contributed by atoms with E-state index in [4.69, 9.17) is 9.47 Å². The molecule has 0 amide bonds. The number of hydrogen-bond acceptors (Lipinski definition) is 6. The predicted molar refractivity (Wildman–Crippen MR) is 130 cm³/mol. The highest BCUT2D eigenvalue weighted by atomic mass is 32.2. The first kappa shape index (κ1) is 23.9. The first-order valence-electron chi connectivity index (χ1n) is 14.6. The van der Waals surface area contributed by atoms with Crippen molar-refractivity contribution in [2.24, 2.45) is 59.2 Å². The molecule has 9 saturated carbocycles. The minimum absolute atomic E-state index is 0.0631. The molecule has 8 bridgehead atoms. The van der Waals surface area contributed by atoms with Crippen LogP contribution in [-0.2, 0) is 29.2 Å². The van der Waals surface area contributed by atoms with E-state index in [1.165, 1.54) is 12.8 Å². The molecule has 0 aromatic carbocycles. The highest BCUT2D eigenvalue weighted by Crippen LogP contribution is 2.56. The highest BCUT2D eigenvalue weighted by Gasteiger charge is 2.54. The Morgan fingerprint density at radius 1 is 0.556 bits per heavy atom. The minimum atomic E-state index is -4.29. The summed E-state index contributed by atoms with van der Waals surface area (Å²) in [6.45, 7) is 0. The molecule has 0 radical (unpaired) electrons. The summed E-state index contributed by atoms with van der Waals surface area (Å²) in [6.07, 6.45) is 11.8. The molecule has 1 N–H and O–H groups in total. The number of carbonyl (C=O) groups is 2. The van der Waals surface area contributed by atoms with Crippen LogP contribution in [-0.4, -0.2) is 42.4 Å². The Balaban J connectivity index is 1.08. The lowest BCUT2D eigenvalue weighted by Crippen LogP contribution is -2.52. The number of rotatable bonds is 5. The van der Waals surface area contributed by atoms with Gasteiger partial charge in [-0.15, -0.1) is 0 Å². The Morgan fingerprint density at radius 2 is 0.944 bits per heavy atom. The van der Waals surface area contributed by atoms with Gasteiger partial charge in [0.2, 0.25) is 0 Å². The van der Waals surface area contributed by atoms with Crippen molar-refractivity contribution in [3.63, 3.8) is 0 Å². The summed E-state index contributed by atoms with van der Waals surface area (Å²) in [5.74, 6) is 2.34. The van der Waals surface area contributed by atoms with E-state index in [1.54, 1.807) is 0 Å². The van der Waals surface area contributed by atoms with Crippen molar-refractivity contribution in [3.8, 4) is 0 Å². The maximum atomic E-state index is 13.6. The number of carbonyl (C=O) groups excluding carboxylic acids is 2. The summed E-state index contributed by atoms with van der Waals surface area (Å²) in [5.41, 5.74) is 0. The van der Waals surface area contributed by atoms with E-state index in [0.717, 1.165) is 75.0 Å². The zero-order valence-corrected chi connectivity index (χ0v) is 21.8. The average Bonchev–Trinajstić information content (AvgIpc) is 2.81. The van der Waals surface area contributed by atoms with Gasteiger partial charge < -0.3 is 9.47 Å². The Labute approximate surface area is 214 Å². The molecule has 9 rings (SSSR count). The zero-order valence-electron chi connectivity index (χ0n) is 21.0. The van der Waals surface area contributed by atoms with Gasteiger partial charge in [-0.25, -0.2) is 0 Å². The van der Waals surface area contributed by atoms with Gasteiger partial charge in [-0.1, -0.05) is 0 Å². The first-order valence-corrected chi connectivity index (χ1v) is 16.1. The van der Waals surface area contributed by atoms with Crippen molar-refractivity contribution in [2.75, 3.05) is 0 Å². The van der Waals surface area contributed by atoms with Crippen LogP contribution in [0.3, 0.4) is 0 Å². The van der Waals surface area contributed by atoms with Crippen molar-refractivity contribution in [3.05, 3.63) is 0 Å². The average molecular weight is 521 g/mol. The lowest BCUT2D eigenvalue weighted by molar-refractivity contribution is -0.188.